The van der Waals surface area contributed by atoms with E-state index >= 15 is 0 Å². The maximum atomic E-state index is 12.6. The van der Waals surface area contributed by atoms with Crippen LogP contribution in [0.1, 0.15) is 48.0 Å². The number of halogens is 1. The molecule has 0 spiro atoms. The predicted octanol–water partition coefficient (Wildman–Crippen LogP) is 2.88. The van der Waals surface area contributed by atoms with Crippen LogP contribution in [0.4, 0.5) is 0 Å². The first kappa shape index (κ1) is 13.9. The van der Waals surface area contributed by atoms with Crippen molar-refractivity contribution in [1.29, 1.82) is 0 Å². The van der Waals surface area contributed by atoms with Crippen LogP contribution >= 0.6 is 27.5 Å². The molecule has 6 heteroatoms. The van der Waals surface area contributed by atoms with Crippen LogP contribution in [0.5, 0.6) is 0 Å². The molecule has 0 N–H and O–H groups in total. The van der Waals surface area contributed by atoms with E-state index in [4.69, 9.17) is 0 Å². The van der Waals surface area contributed by atoms with Gasteiger partial charge in [-0.15, -0.1) is 5.10 Å². The molecule has 100 valence electrons. The van der Waals surface area contributed by atoms with Gasteiger partial charge in [0, 0.05) is 17.9 Å². The minimum Gasteiger partial charge on any atom is -0.334 e. The second-order valence-electron chi connectivity index (χ2n) is 4.60. The van der Waals surface area contributed by atoms with E-state index in [2.05, 4.69) is 32.4 Å². The largest absolute Gasteiger partial charge is 0.334 e. The average Bonchev–Trinajstić information content (AvgIpc) is 2.86. The molecule has 0 bridgehead atoms. The van der Waals surface area contributed by atoms with Gasteiger partial charge in [-0.25, -0.2) is 0 Å². The number of likely N-dealkylation sites (tertiary alicyclic amines) is 1. The van der Waals surface area contributed by atoms with Crippen molar-refractivity contribution in [3.63, 3.8) is 0 Å². The Morgan fingerprint density at radius 2 is 2.39 bits per heavy atom. The fourth-order valence-electron chi connectivity index (χ4n) is 2.33. The Morgan fingerprint density at radius 1 is 1.56 bits per heavy atom. The summed E-state index contributed by atoms with van der Waals surface area (Å²) < 4.78 is 3.94. The number of piperidine rings is 1. The number of hydrogen-bond acceptors (Lipinski definition) is 4. The number of nitrogens with zero attached hydrogens (tertiary/aromatic N) is 3. The van der Waals surface area contributed by atoms with E-state index in [9.17, 15) is 4.79 Å². The van der Waals surface area contributed by atoms with Gasteiger partial charge in [0.1, 0.15) is 4.88 Å². The summed E-state index contributed by atoms with van der Waals surface area (Å²) in [6, 6.07) is 0.322. The van der Waals surface area contributed by atoms with Crippen molar-refractivity contribution >= 4 is 33.4 Å². The summed E-state index contributed by atoms with van der Waals surface area (Å²) in [5.41, 5.74) is 0.867. The van der Waals surface area contributed by atoms with Gasteiger partial charge >= 0.3 is 0 Å². The van der Waals surface area contributed by atoms with Gasteiger partial charge in [-0.3, -0.25) is 4.79 Å². The summed E-state index contributed by atoms with van der Waals surface area (Å²) >= 11 is 4.75. The zero-order valence-electron chi connectivity index (χ0n) is 10.6. The molecule has 1 aromatic heterocycles. The molecule has 0 aromatic carbocycles. The standard InChI is InChI=1S/C12H18BrN3OS/c1-2-5-10-11(18-15-14-10)12(17)16-7-4-3-6-9(16)8-13/h9H,2-8H2,1H3. The molecular formula is C12H18BrN3OS. The van der Waals surface area contributed by atoms with Gasteiger partial charge in [0.15, 0.2) is 0 Å². The summed E-state index contributed by atoms with van der Waals surface area (Å²) in [7, 11) is 0. The van der Waals surface area contributed by atoms with Crippen LogP contribution in [-0.2, 0) is 6.42 Å². The summed E-state index contributed by atoms with van der Waals surface area (Å²) in [5.74, 6) is 0.123. The van der Waals surface area contributed by atoms with Crippen LogP contribution in [0.15, 0.2) is 0 Å². The van der Waals surface area contributed by atoms with Gasteiger partial charge in [0.25, 0.3) is 5.91 Å². The van der Waals surface area contributed by atoms with E-state index in [0.717, 1.165) is 48.1 Å². The Morgan fingerprint density at radius 3 is 3.11 bits per heavy atom. The molecular weight excluding hydrogens is 314 g/mol. The monoisotopic (exact) mass is 331 g/mol. The first-order valence-electron chi connectivity index (χ1n) is 6.46. The Hall–Kier alpha value is -0.490. The topological polar surface area (TPSA) is 46.1 Å². The molecule has 18 heavy (non-hydrogen) atoms. The molecule has 1 saturated heterocycles. The molecule has 1 aliphatic rings. The van der Waals surface area contributed by atoms with E-state index in [1.54, 1.807) is 0 Å². The predicted molar refractivity (Wildman–Crippen MR) is 76.4 cm³/mol. The first-order chi connectivity index (χ1) is 8.77. The van der Waals surface area contributed by atoms with Crippen LogP contribution < -0.4 is 0 Å². The third kappa shape index (κ3) is 2.91. The van der Waals surface area contributed by atoms with Gasteiger partial charge in [-0.2, -0.15) is 0 Å². The van der Waals surface area contributed by atoms with Gasteiger partial charge in [-0.1, -0.05) is 33.8 Å². The Labute approximate surface area is 120 Å². The minimum atomic E-state index is 0.123. The molecule has 1 fully saturated rings. The van der Waals surface area contributed by atoms with Crippen molar-refractivity contribution < 1.29 is 4.79 Å². The molecule has 4 nitrogen and oxygen atoms in total. The fourth-order valence-corrected chi connectivity index (χ4v) is 3.67. The highest BCUT2D eigenvalue weighted by Crippen LogP contribution is 2.23. The number of aryl methyl sites for hydroxylation is 1. The number of alkyl halides is 1. The molecule has 1 atom stereocenters. The van der Waals surface area contributed by atoms with Crippen molar-refractivity contribution in [3.8, 4) is 0 Å². The van der Waals surface area contributed by atoms with Gasteiger partial charge in [0.2, 0.25) is 0 Å². The zero-order chi connectivity index (χ0) is 13.0. The molecule has 1 amide bonds. The third-order valence-corrected chi connectivity index (χ3v) is 4.81. The Balaban J connectivity index is 2.16. The summed E-state index contributed by atoms with van der Waals surface area (Å²) in [6.45, 7) is 2.95. The third-order valence-electron chi connectivity index (χ3n) is 3.30. The molecule has 1 aliphatic heterocycles. The lowest BCUT2D eigenvalue weighted by Gasteiger charge is -2.34. The number of rotatable bonds is 4. The summed E-state index contributed by atoms with van der Waals surface area (Å²) in [4.78, 5) is 15.3. The van der Waals surface area contributed by atoms with Crippen LogP contribution in [0, 0.1) is 0 Å². The van der Waals surface area contributed by atoms with E-state index < -0.39 is 0 Å². The summed E-state index contributed by atoms with van der Waals surface area (Å²) in [6.07, 6.45) is 5.23. The molecule has 0 aliphatic carbocycles. The highest BCUT2D eigenvalue weighted by Gasteiger charge is 2.29. The van der Waals surface area contributed by atoms with E-state index in [-0.39, 0.29) is 5.91 Å². The molecule has 0 radical (unpaired) electrons. The van der Waals surface area contributed by atoms with Crippen molar-refractivity contribution in [3.05, 3.63) is 10.6 Å². The van der Waals surface area contributed by atoms with Crippen LogP contribution in [0.2, 0.25) is 0 Å². The van der Waals surface area contributed by atoms with Gasteiger partial charge < -0.3 is 4.90 Å². The number of amides is 1. The van der Waals surface area contributed by atoms with Crippen molar-refractivity contribution in [2.75, 3.05) is 11.9 Å². The first-order valence-corrected chi connectivity index (χ1v) is 8.35. The molecule has 2 rings (SSSR count). The quantitative estimate of drug-likeness (QED) is 0.797. The zero-order valence-corrected chi connectivity index (χ0v) is 13.0. The Kier molecular flexibility index (Phi) is 5.12. The smallest absolute Gasteiger partial charge is 0.267 e. The fraction of sp³-hybridized carbons (Fsp3) is 0.750. The van der Waals surface area contributed by atoms with E-state index in [0.29, 0.717) is 6.04 Å². The number of aromatic nitrogens is 2. The minimum absolute atomic E-state index is 0.123. The van der Waals surface area contributed by atoms with Crippen LogP contribution in [-0.4, -0.2) is 38.3 Å². The number of hydrogen-bond donors (Lipinski definition) is 0. The lowest BCUT2D eigenvalue weighted by Crippen LogP contribution is -2.44. The van der Waals surface area contributed by atoms with Crippen molar-refractivity contribution in [2.45, 2.75) is 45.1 Å². The van der Waals surface area contributed by atoms with E-state index in [1.807, 2.05) is 4.90 Å². The SMILES string of the molecule is CCCc1nnsc1C(=O)N1CCCCC1CBr. The lowest BCUT2D eigenvalue weighted by molar-refractivity contribution is 0.0645. The van der Waals surface area contributed by atoms with Gasteiger partial charge in [0.05, 0.1) is 5.69 Å². The number of carbonyl (C=O) groups excluding carboxylic acids is 1. The van der Waals surface area contributed by atoms with Crippen LogP contribution in [0.25, 0.3) is 0 Å². The summed E-state index contributed by atoms with van der Waals surface area (Å²) in [5, 5.41) is 4.94. The second-order valence-corrected chi connectivity index (χ2v) is 6.00. The van der Waals surface area contributed by atoms with Crippen molar-refractivity contribution in [1.82, 2.24) is 14.5 Å². The highest BCUT2D eigenvalue weighted by molar-refractivity contribution is 9.09. The maximum Gasteiger partial charge on any atom is 0.267 e. The maximum absolute atomic E-state index is 12.6. The van der Waals surface area contributed by atoms with E-state index in [1.165, 1.54) is 18.0 Å². The Bertz CT molecular complexity index is 410. The second kappa shape index (κ2) is 6.61. The van der Waals surface area contributed by atoms with Crippen molar-refractivity contribution in [2.24, 2.45) is 0 Å². The average molecular weight is 332 g/mol. The molecule has 1 unspecified atom stereocenters. The number of carbonyl (C=O) groups is 1. The van der Waals surface area contributed by atoms with Gasteiger partial charge in [-0.05, 0) is 37.2 Å². The normalized spacial score (nSPS) is 20.1. The highest BCUT2D eigenvalue weighted by atomic mass is 79.9. The lowest BCUT2D eigenvalue weighted by atomic mass is 10.0. The molecule has 2 heterocycles. The van der Waals surface area contributed by atoms with Crippen LogP contribution in [0.3, 0.4) is 0 Å². The molecule has 0 saturated carbocycles. The molecule has 1 aromatic rings.